The van der Waals surface area contributed by atoms with Gasteiger partial charge in [0.15, 0.2) is 0 Å². The number of piperazine rings is 1. The summed E-state index contributed by atoms with van der Waals surface area (Å²) in [4.78, 5) is 26.5. The van der Waals surface area contributed by atoms with E-state index in [1.807, 2.05) is 33.8 Å². The molecule has 2 aromatic heterocycles. The third kappa shape index (κ3) is 4.23. The Morgan fingerprint density at radius 2 is 1.93 bits per heavy atom. The van der Waals surface area contributed by atoms with E-state index in [2.05, 4.69) is 14.9 Å². The number of thiophene rings is 1. The molecule has 6 nitrogen and oxygen atoms in total. The number of carbonyl (C=O) groups excluding carboxylic acids is 1. The van der Waals surface area contributed by atoms with Crippen LogP contribution < -0.4 is 4.90 Å². The Balaban J connectivity index is 1.57. The van der Waals surface area contributed by atoms with E-state index in [1.165, 1.54) is 12.1 Å². The lowest BCUT2D eigenvalue weighted by Crippen LogP contribution is -2.55. The van der Waals surface area contributed by atoms with Gasteiger partial charge in [-0.25, -0.2) is 19.2 Å². The smallest absolute Gasteiger partial charge is 0.410 e. The van der Waals surface area contributed by atoms with E-state index in [0.717, 1.165) is 26.5 Å². The molecule has 1 fully saturated rings. The molecule has 3 aromatic rings. The first-order valence-electron chi connectivity index (χ1n) is 9.96. The lowest BCUT2D eigenvalue weighted by Gasteiger charge is -2.40. The molecule has 1 aliphatic rings. The van der Waals surface area contributed by atoms with Crippen LogP contribution in [0.5, 0.6) is 0 Å². The van der Waals surface area contributed by atoms with Gasteiger partial charge in [-0.3, -0.25) is 0 Å². The second kappa shape index (κ2) is 7.83. The van der Waals surface area contributed by atoms with Crippen LogP contribution in [0, 0.1) is 5.82 Å². The molecule has 158 valence electrons. The van der Waals surface area contributed by atoms with Crippen molar-refractivity contribution in [1.82, 2.24) is 14.9 Å². The van der Waals surface area contributed by atoms with Gasteiger partial charge in [-0.05, 0) is 51.5 Å². The molecule has 1 aromatic carbocycles. The van der Waals surface area contributed by atoms with Crippen molar-refractivity contribution < 1.29 is 13.9 Å². The van der Waals surface area contributed by atoms with Gasteiger partial charge in [0.05, 0.1) is 10.2 Å². The highest BCUT2D eigenvalue weighted by Gasteiger charge is 2.32. The molecule has 1 saturated heterocycles. The average Bonchev–Trinajstić information content (AvgIpc) is 3.11. The molecule has 0 saturated carbocycles. The number of aromatic nitrogens is 2. The topological polar surface area (TPSA) is 58.6 Å². The Morgan fingerprint density at radius 3 is 2.60 bits per heavy atom. The van der Waals surface area contributed by atoms with Crippen LogP contribution in [0.15, 0.2) is 36.7 Å². The SMILES string of the molecule is C[C@@H]1CN(c2ncnc3cc(-c4ccc(F)cc4)sc23)CCN1C(=O)OC(C)(C)C. The fourth-order valence-electron chi connectivity index (χ4n) is 3.57. The minimum Gasteiger partial charge on any atom is -0.444 e. The summed E-state index contributed by atoms with van der Waals surface area (Å²) in [5.41, 5.74) is 1.31. The number of benzene rings is 1. The number of halogens is 1. The first-order chi connectivity index (χ1) is 14.2. The molecule has 30 heavy (non-hydrogen) atoms. The zero-order valence-corrected chi connectivity index (χ0v) is 18.4. The van der Waals surface area contributed by atoms with Gasteiger partial charge >= 0.3 is 6.09 Å². The van der Waals surface area contributed by atoms with Crippen molar-refractivity contribution in [2.75, 3.05) is 24.5 Å². The van der Waals surface area contributed by atoms with Gasteiger partial charge < -0.3 is 14.5 Å². The molecule has 1 amide bonds. The molecule has 0 unspecified atom stereocenters. The molecular formula is C22H25FN4O2S. The fourth-order valence-corrected chi connectivity index (χ4v) is 4.70. The van der Waals surface area contributed by atoms with Gasteiger partial charge in [-0.15, -0.1) is 11.3 Å². The standard InChI is InChI=1S/C22H25FN4O2S/c1-14-12-26(9-10-27(14)21(28)29-22(2,3)4)20-19-17(24-13-25-20)11-18(30-19)15-5-7-16(23)8-6-15/h5-8,11,13-14H,9-10,12H2,1-4H3/t14-/m1/s1. The highest BCUT2D eigenvalue weighted by molar-refractivity contribution is 7.22. The molecule has 0 aliphatic carbocycles. The number of carbonyl (C=O) groups is 1. The molecule has 0 N–H and O–H groups in total. The van der Waals surface area contributed by atoms with Gasteiger partial charge in [0, 0.05) is 30.6 Å². The maximum atomic E-state index is 13.3. The second-order valence-corrected chi connectivity index (χ2v) is 9.55. The molecule has 8 heteroatoms. The van der Waals surface area contributed by atoms with Crippen LogP contribution in [0.4, 0.5) is 15.0 Å². The minimum atomic E-state index is -0.513. The van der Waals surface area contributed by atoms with Gasteiger partial charge in [0.25, 0.3) is 0 Å². The van der Waals surface area contributed by atoms with Crippen LogP contribution in [-0.2, 0) is 4.74 Å². The van der Waals surface area contributed by atoms with Crippen LogP contribution in [0.1, 0.15) is 27.7 Å². The van der Waals surface area contributed by atoms with Crippen LogP contribution in [0.2, 0.25) is 0 Å². The highest BCUT2D eigenvalue weighted by atomic mass is 32.1. The highest BCUT2D eigenvalue weighted by Crippen LogP contribution is 2.37. The van der Waals surface area contributed by atoms with Crippen molar-refractivity contribution >= 4 is 33.5 Å². The largest absolute Gasteiger partial charge is 0.444 e. The van der Waals surface area contributed by atoms with Crippen molar-refractivity contribution in [2.24, 2.45) is 0 Å². The number of ether oxygens (including phenoxy) is 1. The summed E-state index contributed by atoms with van der Waals surface area (Å²) < 4.78 is 19.8. The number of rotatable bonds is 2. The number of nitrogens with zero attached hydrogens (tertiary/aromatic N) is 4. The first-order valence-corrected chi connectivity index (χ1v) is 10.8. The van der Waals surface area contributed by atoms with Gasteiger partial charge in [0.2, 0.25) is 0 Å². The Morgan fingerprint density at radius 1 is 1.20 bits per heavy atom. The minimum absolute atomic E-state index is 0.00449. The van der Waals surface area contributed by atoms with Crippen molar-refractivity contribution in [3.63, 3.8) is 0 Å². The van der Waals surface area contributed by atoms with Gasteiger partial charge in [0.1, 0.15) is 23.6 Å². The number of anilines is 1. The van der Waals surface area contributed by atoms with Crippen LogP contribution in [0.25, 0.3) is 20.7 Å². The Hall–Kier alpha value is -2.74. The Kier molecular flexibility index (Phi) is 5.36. The summed E-state index contributed by atoms with van der Waals surface area (Å²) in [5, 5.41) is 0. The number of fused-ring (bicyclic) bond motifs is 1. The summed E-state index contributed by atoms with van der Waals surface area (Å²) >= 11 is 1.60. The van der Waals surface area contributed by atoms with Gasteiger partial charge in [-0.1, -0.05) is 12.1 Å². The summed E-state index contributed by atoms with van der Waals surface area (Å²) in [6.45, 7) is 9.54. The van der Waals surface area contributed by atoms with E-state index in [9.17, 15) is 9.18 Å². The Bertz CT molecular complexity index is 1060. The third-order valence-electron chi connectivity index (χ3n) is 4.98. The zero-order chi connectivity index (χ0) is 21.5. The summed E-state index contributed by atoms with van der Waals surface area (Å²) in [7, 11) is 0. The molecular weight excluding hydrogens is 403 g/mol. The van der Waals surface area contributed by atoms with Crippen molar-refractivity contribution in [3.05, 3.63) is 42.5 Å². The molecule has 0 bridgehead atoms. The monoisotopic (exact) mass is 428 g/mol. The maximum absolute atomic E-state index is 13.3. The zero-order valence-electron chi connectivity index (χ0n) is 17.6. The van der Waals surface area contributed by atoms with Crippen molar-refractivity contribution in [1.29, 1.82) is 0 Å². The van der Waals surface area contributed by atoms with E-state index >= 15 is 0 Å². The van der Waals surface area contributed by atoms with E-state index in [1.54, 1.807) is 34.7 Å². The average molecular weight is 429 g/mol. The number of hydrogen-bond donors (Lipinski definition) is 0. The van der Waals surface area contributed by atoms with Crippen molar-refractivity contribution in [3.8, 4) is 10.4 Å². The summed E-state index contributed by atoms with van der Waals surface area (Å²) in [6.07, 6.45) is 1.29. The maximum Gasteiger partial charge on any atom is 0.410 e. The van der Waals surface area contributed by atoms with E-state index in [-0.39, 0.29) is 18.0 Å². The summed E-state index contributed by atoms with van der Waals surface area (Å²) in [5.74, 6) is 0.617. The molecule has 1 atom stereocenters. The van der Waals surface area contributed by atoms with Crippen molar-refractivity contribution in [2.45, 2.75) is 39.3 Å². The van der Waals surface area contributed by atoms with Crippen LogP contribution in [-0.4, -0.2) is 52.2 Å². The van der Waals surface area contributed by atoms with Gasteiger partial charge in [-0.2, -0.15) is 0 Å². The molecule has 4 rings (SSSR count). The van der Waals surface area contributed by atoms with E-state index in [4.69, 9.17) is 4.74 Å². The molecule has 0 radical (unpaired) electrons. The lowest BCUT2D eigenvalue weighted by molar-refractivity contribution is 0.0159. The van der Waals surface area contributed by atoms with E-state index in [0.29, 0.717) is 19.6 Å². The lowest BCUT2D eigenvalue weighted by atomic mass is 10.2. The first kappa shape index (κ1) is 20.5. The van der Waals surface area contributed by atoms with E-state index < -0.39 is 5.60 Å². The quantitative estimate of drug-likeness (QED) is 0.578. The predicted molar refractivity (Wildman–Crippen MR) is 117 cm³/mol. The Labute approximate surface area is 179 Å². The molecule has 1 aliphatic heterocycles. The molecule has 0 spiro atoms. The molecule has 3 heterocycles. The second-order valence-electron chi connectivity index (χ2n) is 8.50. The number of amides is 1. The number of hydrogen-bond acceptors (Lipinski definition) is 6. The van der Waals surface area contributed by atoms with Crippen LogP contribution in [0.3, 0.4) is 0 Å². The third-order valence-corrected chi connectivity index (χ3v) is 6.15. The van der Waals surface area contributed by atoms with Crippen LogP contribution >= 0.6 is 11.3 Å². The predicted octanol–water partition coefficient (Wildman–Crippen LogP) is 4.94. The fraction of sp³-hybridized carbons (Fsp3) is 0.409. The summed E-state index contributed by atoms with van der Waals surface area (Å²) in [6, 6.07) is 8.48. The normalized spacial score (nSPS) is 17.4.